The molecule has 0 bridgehead atoms. The van der Waals surface area contributed by atoms with E-state index >= 15 is 0 Å². The summed E-state index contributed by atoms with van der Waals surface area (Å²) in [5.74, 6) is 0.206. The largest absolute Gasteiger partial charge is 0.376 e. The summed E-state index contributed by atoms with van der Waals surface area (Å²) in [4.78, 5) is 32.8. The molecular weight excluding hydrogens is 420 g/mol. The lowest BCUT2D eigenvalue weighted by molar-refractivity contribution is -0.123. The summed E-state index contributed by atoms with van der Waals surface area (Å²) in [6, 6.07) is 3.69. The van der Waals surface area contributed by atoms with Gasteiger partial charge in [-0.15, -0.1) is 6.58 Å². The number of anilines is 1. The molecule has 2 saturated heterocycles. The monoisotopic (exact) mass is 442 g/mol. The number of nitrogens with zero attached hydrogens (tertiary/aromatic N) is 3. The average Bonchev–Trinajstić information content (AvgIpc) is 3.33. The van der Waals surface area contributed by atoms with E-state index in [1.54, 1.807) is 29.3 Å². The molecule has 0 radical (unpaired) electrons. The third-order valence-corrected chi connectivity index (χ3v) is 6.36. The molecule has 2 aliphatic rings. The molecule has 9 heteroatoms. The van der Waals surface area contributed by atoms with Gasteiger partial charge in [0.15, 0.2) is 0 Å². The first kappa shape index (κ1) is 20.8. The minimum Gasteiger partial charge on any atom is -0.376 e. The van der Waals surface area contributed by atoms with Gasteiger partial charge in [0.2, 0.25) is 0 Å². The van der Waals surface area contributed by atoms with E-state index in [0.717, 1.165) is 18.4 Å². The predicted octanol–water partition coefficient (Wildman–Crippen LogP) is 2.98. The number of ether oxygens (including phenoxy) is 1. The Labute approximate surface area is 183 Å². The lowest BCUT2D eigenvalue weighted by atomic mass is 10.2. The van der Waals surface area contributed by atoms with Crippen LogP contribution in [0.5, 0.6) is 0 Å². The normalized spacial score (nSPS) is 20.5. The molecule has 2 aromatic heterocycles. The van der Waals surface area contributed by atoms with Gasteiger partial charge in [-0.05, 0) is 37.5 Å². The highest BCUT2D eigenvalue weighted by Gasteiger charge is 2.35. The third kappa shape index (κ3) is 4.05. The van der Waals surface area contributed by atoms with Crippen molar-refractivity contribution in [3.05, 3.63) is 57.4 Å². The number of hydrogen-bond acceptors (Lipinski definition) is 7. The smallest absolute Gasteiger partial charge is 0.267 e. The van der Waals surface area contributed by atoms with Crippen LogP contribution in [0.1, 0.15) is 24.0 Å². The number of thioether (sulfide) groups is 1. The summed E-state index contributed by atoms with van der Waals surface area (Å²) < 4.78 is 7.61. The molecule has 0 aromatic carbocycles. The van der Waals surface area contributed by atoms with Crippen molar-refractivity contribution in [1.82, 2.24) is 14.3 Å². The van der Waals surface area contributed by atoms with Gasteiger partial charge in [0.1, 0.15) is 15.8 Å². The highest BCUT2D eigenvalue weighted by Crippen LogP contribution is 2.34. The lowest BCUT2D eigenvalue weighted by Gasteiger charge is -2.18. The van der Waals surface area contributed by atoms with Crippen LogP contribution >= 0.6 is 24.0 Å². The van der Waals surface area contributed by atoms with Crippen LogP contribution in [0.25, 0.3) is 11.7 Å². The summed E-state index contributed by atoms with van der Waals surface area (Å²) in [5, 5.41) is 3.11. The topological polar surface area (TPSA) is 75.9 Å². The number of thiocarbonyl (C=S) groups is 1. The summed E-state index contributed by atoms with van der Waals surface area (Å²) in [6.45, 7) is 7.21. The molecule has 1 atom stereocenters. The quantitative estimate of drug-likeness (QED) is 0.419. The van der Waals surface area contributed by atoms with Crippen LogP contribution in [0.15, 0.2) is 40.7 Å². The first-order chi connectivity index (χ1) is 14.5. The second-order valence-corrected chi connectivity index (χ2v) is 8.89. The molecule has 2 aliphatic heterocycles. The zero-order valence-corrected chi connectivity index (χ0v) is 18.2. The Morgan fingerprint density at radius 3 is 3.00 bits per heavy atom. The maximum Gasteiger partial charge on any atom is 0.267 e. The number of nitrogens with one attached hydrogen (secondary N) is 1. The van der Waals surface area contributed by atoms with Gasteiger partial charge < -0.3 is 10.1 Å². The van der Waals surface area contributed by atoms with E-state index in [0.29, 0.717) is 46.0 Å². The van der Waals surface area contributed by atoms with Crippen LogP contribution in [0.4, 0.5) is 5.82 Å². The SMILES string of the molecule is C=CCNc1nc2ccc(C)cn2c(=O)c1/C=C1\SC(=S)N(C[C@@H]2CCCO2)C1=O. The van der Waals surface area contributed by atoms with Gasteiger partial charge in [0, 0.05) is 19.3 Å². The number of rotatable bonds is 6. The second-order valence-electron chi connectivity index (χ2n) is 7.21. The molecule has 1 N–H and O–H groups in total. The van der Waals surface area contributed by atoms with E-state index in [2.05, 4.69) is 16.9 Å². The zero-order valence-electron chi connectivity index (χ0n) is 16.6. The van der Waals surface area contributed by atoms with Crippen LogP contribution in [-0.2, 0) is 9.53 Å². The minimum atomic E-state index is -0.250. The van der Waals surface area contributed by atoms with Gasteiger partial charge in [-0.3, -0.25) is 18.9 Å². The van der Waals surface area contributed by atoms with E-state index in [1.807, 2.05) is 13.0 Å². The summed E-state index contributed by atoms with van der Waals surface area (Å²) in [6.07, 6.45) is 6.93. The summed E-state index contributed by atoms with van der Waals surface area (Å²) in [5.41, 5.74) is 1.53. The van der Waals surface area contributed by atoms with Crippen LogP contribution in [0.2, 0.25) is 0 Å². The number of amides is 1. The Balaban J connectivity index is 1.74. The van der Waals surface area contributed by atoms with Crippen LogP contribution in [0.3, 0.4) is 0 Å². The van der Waals surface area contributed by atoms with E-state index in [9.17, 15) is 9.59 Å². The fraction of sp³-hybridized carbons (Fsp3) is 0.333. The number of pyridine rings is 1. The zero-order chi connectivity index (χ0) is 21.3. The molecule has 0 unspecified atom stereocenters. The van der Waals surface area contributed by atoms with E-state index < -0.39 is 0 Å². The van der Waals surface area contributed by atoms with Crippen molar-refractivity contribution in [3.63, 3.8) is 0 Å². The number of fused-ring (bicyclic) bond motifs is 1. The third-order valence-electron chi connectivity index (χ3n) is 4.98. The maximum absolute atomic E-state index is 13.2. The van der Waals surface area contributed by atoms with Crippen LogP contribution < -0.4 is 10.9 Å². The van der Waals surface area contributed by atoms with Gasteiger partial charge in [-0.25, -0.2) is 4.98 Å². The highest BCUT2D eigenvalue weighted by atomic mass is 32.2. The van der Waals surface area contributed by atoms with Crippen molar-refractivity contribution in [2.24, 2.45) is 0 Å². The first-order valence-electron chi connectivity index (χ1n) is 9.72. The number of hydrogen-bond donors (Lipinski definition) is 1. The molecule has 4 heterocycles. The van der Waals surface area contributed by atoms with Gasteiger partial charge in [0.25, 0.3) is 11.5 Å². The lowest BCUT2D eigenvalue weighted by Crippen LogP contribution is -2.35. The molecule has 0 spiro atoms. The molecule has 0 saturated carbocycles. The highest BCUT2D eigenvalue weighted by molar-refractivity contribution is 8.26. The van der Waals surface area contributed by atoms with Crippen LogP contribution in [-0.4, -0.2) is 50.3 Å². The van der Waals surface area contributed by atoms with Crippen LogP contribution in [0, 0.1) is 6.92 Å². The average molecular weight is 443 g/mol. The van der Waals surface area contributed by atoms with Crippen molar-refractivity contribution in [1.29, 1.82) is 0 Å². The predicted molar refractivity (Wildman–Crippen MR) is 124 cm³/mol. The van der Waals surface area contributed by atoms with Crippen molar-refractivity contribution in [3.8, 4) is 0 Å². The minimum absolute atomic E-state index is 0.00704. The fourth-order valence-corrected chi connectivity index (χ4v) is 4.73. The summed E-state index contributed by atoms with van der Waals surface area (Å²) in [7, 11) is 0. The van der Waals surface area contributed by atoms with E-state index in [1.165, 1.54) is 16.2 Å². The maximum atomic E-state index is 13.2. The molecule has 4 rings (SSSR count). The van der Waals surface area contributed by atoms with Gasteiger partial charge in [-0.2, -0.15) is 0 Å². The number of aromatic nitrogens is 2. The number of carbonyl (C=O) groups is 1. The molecular formula is C21H22N4O3S2. The van der Waals surface area contributed by atoms with Gasteiger partial charge in [0.05, 0.1) is 23.1 Å². The Morgan fingerprint density at radius 1 is 1.43 bits per heavy atom. The molecule has 30 heavy (non-hydrogen) atoms. The molecule has 2 aromatic rings. The molecule has 156 valence electrons. The Morgan fingerprint density at radius 2 is 2.27 bits per heavy atom. The van der Waals surface area contributed by atoms with E-state index in [-0.39, 0.29) is 17.6 Å². The first-order valence-corrected chi connectivity index (χ1v) is 10.9. The second kappa shape index (κ2) is 8.71. The number of carbonyl (C=O) groups excluding carboxylic acids is 1. The van der Waals surface area contributed by atoms with Crippen molar-refractivity contribution in [2.75, 3.05) is 25.0 Å². The Kier molecular flexibility index (Phi) is 6.03. The standard InChI is InChI=1S/C21H22N4O3S2/c1-3-8-22-18-15(19(26)24-11-13(2)6-7-17(24)23-18)10-16-20(27)25(21(29)30-16)12-14-5-4-9-28-14/h3,6-7,10-11,14,22H,1,4-5,8-9,12H2,2H3/b16-10-/t14-/m0/s1. The van der Waals surface area contributed by atoms with Crippen molar-refractivity contribution >= 4 is 51.7 Å². The molecule has 7 nitrogen and oxygen atoms in total. The Bertz CT molecular complexity index is 1120. The molecule has 0 aliphatic carbocycles. The van der Waals surface area contributed by atoms with Gasteiger partial charge >= 0.3 is 0 Å². The van der Waals surface area contributed by atoms with E-state index in [4.69, 9.17) is 17.0 Å². The molecule has 2 fully saturated rings. The number of aryl methyl sites for hydroxylation is 1. The molecule has 1 amide bonds. The van der Waals surface area contributed by atoms with Crippen molar-refractivity contribution < 1.29 is 9.53 Å². The van der Waals surface area contributed by atoms with Crippen molar-refractivity contribution in [2.45, 2.75) is 25.9 Å². The Hall–Kier alpha value is -2.49. The fourth-order valence-electron chi connectivity index (χ4n) is 3.47. The summed E-state index contributed by atoms with van der Waals surface area (Å²) >= 11 is 6.62. The van der Waals surface area contributed by atoms with Gasteiger partial charge in [-0.1, -0.05) is 36.1 Å².